The van der Waals surface area contributed by atoms with E-state index in [9.17, 15) is 4.91 Å². The molecule has 1 aromatic carbocycles. The monoisotopic (exact) mass is 471 g/mol. The molecular weight excluding hydrogens is 463 g/mol. The molecule has 1 aliphatic heterocycles. The van der Waals surface area contributed by atoms with Crippen molar-refractivity contribution in [2.75, 3.05) is 13.7 Å². The average molecular weight is 475 g/mol. The first-order chi connectivity index (χ1) is 8.22. The third kappa shape index (κ3) is 1.27. The fourth-order valence-electron chi connectivity index (χ4n) is 2.28. The van der Waals surface area contributed by atoms with Gasteiger partial charge in [-0.2, -0.15) is 6.08 Å². The molecule has 0 unspecified atom stereocenters. The second-order valence-electron chi connectivity index (χ2n) is 4.06. The van der Waals surface area contributed by atoms with E-state index < -0.39 is 0 Å². The summed E-state index contributed by atoms with van der Waals surface area (Å²) in [5.74, 6) is 0.762. The molecule has 0 atom stereocenters. The van der Waals surface area contributed by atoms with E-state index in [-0.39, 0.29) is 6.54 Å². The van der Waals surface area contributed by atoms with Crippen LogP contribution in [0.2, 0.25) is 0 Å². The predicted octanol–water partition coefficient (Wildman–Crippen LogP) is 2.43. The maximum absolute atomic E-state index is 11.9. The number of hydrogen-bond donors (Lipinski definition) is 0. The largest absolute Gasteiger partial charge is 0.497 e. The van der Waals surface area contributed by atoms with Crippen molar-refractivity contribution in [3.05, 3.63) is 34.9 Å². The average Bonchev–Trinajstić information content (AvgIpc) is 2.64. The van der Waals surface area contributed by atoms with Gasteiger partial charge in [-0.25, -0.2) is 6.08 Å². The van der Waals surface area contributed by atoms with Gasteiger partial charge in [-0.05, 0) is 30.9 Å². The van der Waals surface area contributed by atoms with Crippen LogP contribution in [0.4, 0.5) is 5.69 Å². The van der Waals surface area contributed by atoms with Gasteiger partial charge in [0.25, 0.3) is 0 Å². The summed E-state index contributed by atoms with van der Waals surface area (Å²) >= 11 is 0. The van der Waals surface area contributed by atoms with Crippen LogP contribution in [0, 0.1) is 11.0 Å². The molecule has 3 rings (SSSR count). The summed E-state index contributed by atoms with van der Waals surface area (Å²) in [6.45, 7) is 0.281. The van der Waals surface area contributed by atoms with Crippen molar-refractivity contribution in [3.63, 3.8) is 0 Å². The molecule has 0 saturated heterocycles. The van der Waals surface area contributed by atoms with E-state index in [2.05, 4.69) is 6.08 Å². The summed E-state index contributed by atoms with van der Waals surface area (Å²) in [5, 5.41) is 0.926. The Bertz CT molecular complexity index is 659. The molecule has 0 bridgehead atoms. The number of methoxy groups -OCH3 is 1. The molecule has 0 aliphatic carbocycles. The first-order valence-electron chi connectivity index (χ1n) is 5.40. The Kier molecular flexibility index (Phi) is 2.36. The third-order valence-corrected chi connectivity index (χ3v) is 3.15. The first-order valence-corrected chi connectivity index (χ1v) is 5.40. The zero-order valence-electron chi connectivity index (χ0n) is 10.1. The fourth-order valence-corrected chi connectivity index (χ4v) is 2.28. The molecule has 2 aromatic rings. The number of fused-ring (bicyclic) bond motifs is 3. The van der Waals surface area contributed by atoms with Gasteiger partial charge < -0.3 is 9.30 Å². The van der Waals surface area contributed by atoms with Crippen LogP contribution in [-0.4, -0.2) is 23.0 Å². The Morgan fingerprint density at radius 1 is 1.44 bits per heavy atom. The van der Waals surface area contributed by atoms with Crippen LogP contribution in [0.3, 0.4) is 0 Å². The number of ether oxygens (including phenoxy) is 1. The minimum absolute atomic E-state index is 0. The van der Waals surface area contributed by atoms with Gasteiger partial charge in [-0.3, -0.25) is 0 Å². The molecule has 4 nitrogen and oxygen atoms in total. The van der Waals surface area contributed by atoms with Gasteiger partial charge in [-0.15, -0.1) is 0 Å². The second kappa shape index (κ2) is 3.73. The Hall–Kier alpha value is -3.10. The van der Waals surface area contributed by atoms with Crippen LogP contribution in [0.25, 0.3) is 17.0 Å². The standard InChI is InChI=1S/C13H12N2O2.Cm/c1-14-11-6-5-9(17-2)8-10(11)13-12(14)4-3-7-15(13)16;/h4-6,8H,7H2,1-2H3;. The van der Waals surface area contributed by atoms with Crippen LogP contribution in [0.5, 0.6) is 5.75 Å². The number of aromatic nitrogens is 1. The van der Waals surface area contributed by atoms with Crippen molar-refractivity contribution in [2.24, 2.45) is 7.05 Å². The predicted molar refractivity (Wildman–Crippen MR) is 65.3 cm³/mol. The summed E-state index contributed by atoms with van der Waals surface area (Å²) in [6, 6.07) is 5.77. The maximum Gasteiger partial charge on any atom is 0.209 e. The van der Waals surface area contributed by atoms with E-state index in [1.807, 2.05) is 35.9 Å². The molecule has 0 spiro atoms. The van der Waals surface area contributed by atoms with Gasteiger partial charge in [0.1, 0.15) is 12.3 Å². The van der Waals surface area contributed by atoms with Crippen LogP contribution in [-0.2, 0) is 7.05 Å². The quantitative estimate of drug-likeness (QED) is 0.469. The Morgan fingerprint density at radius 3 is 2.94 bits per heavy atom. The number of aryl methyl sites for hydroxylation is 1. The van der Waals surface area contributed by atoms with E-state index >= 15 is 0 Å². The van der Waals surface area contributed by atoms with E-state index in [0.717, 1.165) is 27.1 Å². The summed E-state index contributed by atoms with van der Waals surface area (Å²) < 4.78 is 8.17. The topological polar surface area (TPSA) is 34.2 Å². The summed E-state index contributed by atoms with van der Waals surface area (Å²) in [5.41, 5.74) is 2.63. The Morgan fingerprint density at radius 2 is 2.22 bits per heavy atom. The minimum atomic E-state index is 0. The van der Waals surface area contributed by atoms with Crippen molar-refractivity contribution >= 4 is 22.7 Å². The fraction of sp³-hybridized carbons (Fsp3) is 0.231. The van der Waals surface area contributed by atoms with Gasteiger partial charge in [0, 0.05) is 15.2 Å². The van der Waals surface area contributed by atoms with Crippen molar-refractivity contribution in [3.8, 4) is 5.75 Å². The van der Waals surface area contributed by atoms with Crippen molar-refractivity contribution in [1.29, 1.82) is 0 Å². The number of rotatable bonds is 1. The molecule has 0 saturated carbocycles. The van der Waals surface area contributed by atoms with Gasteiger partial charge in [0.15, 0.2) is 0 Å². The van der Waals surface area contributed by atoms with Gasteiger partial charge in [0.2, 0.25) is 5.69 Å². The SMILES string of the molecule is COc1ccc2c(c1)c1c(n2C)C=[C-]C[N+]1=O.[Cm]. The Balaban J connectivity index is 0.00000120. The van der Waals surface area contributed by atoms with Gasteiger partial charge >= 0.3 is 0 Å². The van der Waals surface area contributed by atoms with Crippen molar-refractivity contribution in [1.82, 2.24) is 4.57 Å². The van der Waals surface area contributed by atoms with Crippen LogP contribution >= 0.6 is 0 Å². The van der Waals surface area contributed by atoms with Crippen molar-refractivity contribution in [2.45, 2.75) is 0 Å². The molecule has 2 heterocycles. The molecule has 0 N–H and O–H groups in total. The molecule has 0 amide bonds. The normalized spacial score (nSPS) is 13.3. The van der Waals surface area contributed by atoms with Crippen LogP contribution in [0.15, 0.2) is 18.2 Å². The second-order valence-corrected chi connectivity index (χ2v) is 4.06. The molecule has 1 aliphatic rings. The molecule has 0 radical (unpaired) electrons. The third-order valence-electron chi connectivity index (χ3n) is 3.15. The minimum Gasteiger partial charge on any atom is -0.497 e. The summed E-state index contributed by atoms with van der Waals surface area (Å²) in [6.07, 6.45) is 4.83. The van der Waals surface area contributed by atoms with E-state index in [0.29, 0.717) is 5.69 Å². The van der Waals surface area contributed by atoms with Gasteiger partial charge in [0.05, 0.1) is 12.5 Å². The van der Waals surface area contributed by atoms with E-state index in [4.69, 9.17) is 4.74 Å². The van der Waals surface area contributed by atoms with Crippen LogP contribution < -0.4 is 4.74 Å². The van der Waals surface area contributed by atoms with Gasteiger partial charge in [-0.1, -0.05) is 0 Å². The molecule has 0 fully saturated rings. The van der Waals surface area contributed by atoms with E-state index in [1.165, 1.54) is 0 Å². The number of benzene rings is 1. The first kappa shape index (κ1) is 11.4. The molecule has 18 heavy (non-hydrogen) atoms. The summed E-state index contributed by atoms with van der Waals surface area (Å²) in [4.78, 5) is 11.9. The van der Waals surface area contributed by atoms with Crippen molar-refractivity contribution < 1.29 is 9.50 Å². The molecule has 5 heteroatoms. The van der Waals surface area contributed by atoms with Crippen LogP contribution in [0.1, 0.15) is 5.69 Å². The zero-order valence-corrected chi connectivity index (χ0v) is 13.0. The maximum atomic E-state index is 11.9. The van der Waals surface area contributed by atoms with E-state index in [1.54, 1.807) is 7.11 Å². The zero-order chi connectivity index (χ0) is 12.0. The molecule has 1 aromatic heterocycles. The Labute approximate surface area is 98.7 Å². The number of nitroso groups, excluding NO2 is 1. The number of nitrogens with zero attached hydrogens (tertiary/aromatic N) is 2. The molecular formula is C13H12CmN2O2. The summed E-state index contributed by atoms with van der Waals surface area (Å²) in [7, 11) is 3.57. The smallest absolute Gasteiger partial charge is 0.209 e. The number of hydrogen-bond acceptors (Lipinski definition) is 2. The molecule has 94 valence electrons.